The quantitative estimate of drug-likeness (QED) is 0.366. The summed E-state index contributed by atoms with van der Waals surface area (Å²) in [5, 5.41) is 4.12. The molecule has 3 N–H and O–H groups in total. The van der Waals surface area contributed by atoms with E-state index in [1.54, 1.807) is 18.3 Å². The highest BCUT2D eigenvalue weighted by Crippen LogP contribution is 2.31. The van der Waals surface area contributed by atoms with Crippen LogP contribution in [0.2, 0.25) is 0 Å². The summed E-state index contributed by atoms with van der Waals surface area (Å²) in [5.41, 5.74) is 8.46. The maximum atomic E-state index is 11.5. The van der Waals surface area contributed by atoms with E-state index >= 15 is 0 Å². The van der Waals surface area contributed by atoms with Crippen molar-refractivity contribution in [2.75, 3.05) is 56.2 Å². The monoisotopic (exact) mass is 546 g/mol. The SMILES string of the molecule is C1CCOC1.CCN1CCN(c2nc(C)cc(Nc3cc4nc(-c5cccc(C(N)=O)c5)sc4cn3)n2)CC1. The second kappa shape index (κ2) is 12.5. The summed E-state index contributed by atoms with van der Waals surface area (Å²) in [6, 6.07) is 11.0. The molecule has 4 aromatic rings. The molecule has 0 radical (unpaired) electrons. The molecule has 0 unspecified atom stereocenters. The van der Waals surface area contributed by atoms with E-state index in [0.717, 1.165) is 78.4 Å². The Morgan fingerprint density at radius 1 is 1.05 bits per heavy atom. The van der Waals surface area contributed by atoms with Gasteiger partial charge in [0.05, 0.1) is 10.2 Å². The normalized spacial score (nSPS) is 15.7. The van der Waals surface area contributed by atoms with Crippen molar-refractivity contribution in [2.24, 2.45) is 5.73 Å². The second-order valence-corrected chi connectivity index (χ2v) is 10.6. The Bertz CT molecular complexity index is 1420. The van der Waals surface area contributed by atoms with Crippen LogP contribution in [-0.4, -0.2) is 76.7 Å². The molecule has 0 spiro atoms. The van der Waals surface area contributed by atoms with Crippen LogP contribution < -0.4 is 16.0 Å². The van der Waals surface area contributed by atoms with Gasteiger partial charge in [-0.15, -0.1) is 11.3 Å². The summed E-state index contributed by atoms with van der Waals surface area (Å²) in [6.45, 7) is 11.1. The molecule has 10 nitrogen and oxygen atoms in total. The summed E-state index contributed by atoms with van der Waals surface area (Å²) >= 11 is 1.52. The van der Waals surface area contributed by atoms with Crippen molar-refractivity contribution in [3.05, 3.63) is 53.9 Å². The van der Waals surface area contributed by atoms with Crippen LogP contribution in [0.15, 0.2) is 42.6 Å². The van der Waals surface area contributed by atoms with Crippen molar-refractivity contribution in [3.8, 4) is 10.6 Å². The number of amides is 1. The van der Waals surface area contributed by atoms with Gasteiger partial charge in [-0.05, 0) is 38.4 Å². The van der Waals surface area contributed by atoms with E-state index < -0.39 is 5.91 Å². The van der Waals surface area contributed by atoms with Crippen LogP contribution in [0.4, 0.5) is 17.6 Å². The Balaban J connectivity index is 0.000000555. The number of rotatable bonds is 6. The lowest BCUT2D eigenvalue weighted by molar-refractivity contribution is 0.100. The van der Waals surface area contributed by atoms with Gasteiger partial charge in [0.25, 0.3) is 0 Å². The number of nitrogens with one attached hydrogen (secondary N) is 1. The molecule has 0 aliphatic carbocycles. The zero-order valence-corrected chi connectivity index (χ0v) is 23.2. The molecule has 2 aliphatic heterocycles. The van der Waals surface area contributed by atoms with E-state index in [9.17, 15) is 4.79 Å². The van der Waals surface area contributed by atoms with E-state index in [1.807, 2.05) is 31.2 Å². The van der Waals surface area contributed by atoms with E-state index in [4.69, 9.17) is 20.4 Å². The van der Waals surface area contributed by atoms with Crippen molar-refractivity contribution in [2.45, 2.75) is 26.7 Å². The maximum absolute atomic E-state index is 11.5. The molecule has 1 aromatic carbocycles. The summed E-state index contributed by atoms with van der Waals surface area (Å²) < 4.78 is 5.90. The van der Waals surface area contributed by atoms with E-state index in [-0.39, 0.29) is 0 Å². The molecule has 2 fully saturated rings. The molecule has 39 heavy (non-hydrogen) atoms. The second-order valence-electron chi connectivity index (χ2n) is 9.56. The first-order valence-electron chi connectivity index (χ1n) is 13.3. The Kier molecular flexibility index (Phi) is 8.60. The fourth-order valence-corrected chi connectivity index (χ4v) is 5.41. The molecule has 0 atom stereocenters. The standard InChI is InChI=1S/C24H26N8OS.C4H8O/c1-3-31-7-9-32(10-8-31)24-27-15(2)11-21(30-24)29-20-13-18-19(14-26-20)34-23(28-18)17-6-4-5-16(12-17)22(25)33;1-2-4-5-3-1/h4-6,11-14H,3,7-10H2,1-2H3,(H2,25,33)(H,26,27,29,30);1-4H2. The molecule has 2 aliphatic rings. The number of ether oxygens (including phenoxy) is 1. The van der Waals surface area contributed by atoms with Crippen LogP contribution in [0, 0.1) is 6.92 Å². The molecule has 0 saturated carbocycles. The number of thiazole rings is 1. The smallest absolute Gasteiger partial charge is 0.248 e. The molecule has 6 rings (SSSR count). The number of piperazine rings is 1. The Hall–Kier alpha value is -3.67. The van der Waals surface area contributed by atoms with Gasteiger partial charge in [-0.3, -0.25) is 4.79 Å². The number of nitrogens with zero attached hydrogens (tertiary/aromatic N) is 6. The van der Waals surface area contributed by atoms with Crippen molar-refractivity contribution < 1.29 is 9.53 Å². The predicted octanol–water partition coefficient (Wildman–Crippen LogP) is 4.24. The molecule has 3 aromatic heterocycles. The van der Waals surface area contributed by atoms with Crippen molar-refractivity contribution in [1.29, 1.82) is 0 Å². The molecule has 204 valence electrons. The minimum atomic E-state index is -0.456. The first kappa shape index (κ1) is 26.9. The Morgan fingerprint density at radius 2 is 1.85 bits per heavy atom. The maximum Gasteiger partial charge on any atom is 0.248 e. The van der Waals surface area contributed by atoms with Gasteiger partial charge in [0.15, 0.2) is 0 Å². The molecule has 1 amide bonds. The van der Waals surface area contributed by atoms with Crippen LogP contribution in [0.1, 0.15) is 35.8 Å². The van der Waals surface area contributed by atoms with Crippen molar-refractivity contribution in [1.82, 2.24) is 24.8 Å². The average Bonchev–Trinajstić information content (AvgIpc) is 3.67. The number of pyridine rings is 1. The van der Waals surface area contributed by atoms with Gasteiger partial charge in [-0.1, -0.05) is 19.1 Å². The minimum absolute atomic E-state index is 0.456. The number of likely N-dealkylation sites (N-methyl/N-ethyl adjacent to an activating group) is 1. The third kappa shape index (κ3) is 6.86. The van der Waals surface area contributed by atoms with E-state index in [2.05, 4.69) is 32.0 Å². The molecule has 11 heteroatoms. The fourth-order valence-electron chi connectivity index (χ4n) is 4.50. The highest BCUT2D eigenvalue weighted by Gasteiger charge is 2.19. The lowest BCUT2D eigenvalue weighted by Gasteiger charge is -2.34. The number of carbonyl (C=O) groups is 1. The molecular formula is C28H34N8O2S. The third-order valence-corrected chi connectivity index (χ3v) is 7.75. The van der Waals surface area contributed by atoms with Crippen molar-refractivity contribution in [3.63, 3.8) is 0 Å². The number of hydrogen-bond donors (Lipinski definition) is 2. The number of aryl methyl sites for hydroxylation is 1. The van der Waals surface area contributed by atoms with Crippen LogP contribution >= 0.6 is 11.3 Å². The Morgan fingerprint density at radius 3 is 2.54 bits per heavy atom. The molecule has 2 saturated heterocycles. The minimum Gasteiger partial charge on any atom is -0.381 e. The number of hydrogen-bond acceptors (Lipinski definition) is 10. The van der Waals surface area contributed by atoms with Gasteiger partial charge in [-0.2, -0.15) is 4.98 Å². The number of primary amides is 1. The number of nitrogens with two attached hydrogens (primary N) is 1. The molecule has 5 heterocycles. The number of carbonyl (C=O) groups excluding carboxylic acids is 1. The highest BCUT2D eigenvalue weighted by atomic mass is 32.1. The topological polar surface area (TPSA) is 122 Å². The molecular weight excluding hydrogens is 512 g/mol. The summed E-state index contributed by atoms with van der Waals surface area (Å²) in [4.78, 5) is 34.9. The van der Waals surface area contributed by atoms with Gasteiger partial charge >= 0.3 is 0 Å². The van der Waals surface area contributed by atoms with Crippen LogP contribution in [0.25, 0.3) is 20.8 Å². The lowest BCUT2D eigenvalue weighted by atomic mass is 10.1. The van der Waals surface area contributed by atoms with E-state index in [1.165, 1.54) is 24.2 Å². The summed E-state index contributed by atoms with van der Waals surface area (Å²) in [6.07, 6.45) is 4.36. The highest BCUT2D eigenvalue weighted by molar-refractivity contribution is 7.21. The first-order chi connectivity index (χ1) is 19.0. The number of fused-ring (bicyclic) bond motifs is 1. The summed E-state index contributed by atoms with van der Waals surface area (Å²) in [5.74, 6) is 1.65. The van der Waals surface area contributed by atoms with Gasteiger partial charge < -0.3 is 25.6 Å². The average molecular weight is 547 g/mol. The number of aromatic nitrogens is 4. The van der Waals surface area contributed by atoms with Crippen molar-refractivity contribution >= 4 is 45.0 Å². The van der Waals surface area contributed by atoms with Gasteiger partial charge in [0, 0.05) is 74.5 Å². The lowest BCUT2D eigenvalue weighted by Crippen LogP contribution is -2.46. The predicted molar refractivity (Wildman–Crippen MR) is 156 cm³/mol. The third-order valence-electron chi connectivity index (χ3n) is 6.70. The zero-order chi connectivity index (χ0) is 27.2. The number of benzene rings is 1. The molecule has 0 bridgehead atoms. The van der Waals surface area contributed by atoms with Gasteiger partial charge in [-0.25, -0.2) is 15.0 Å². The van der Waals surface area contributed by atoms with Gasteiger partial charge in [0.1, 0.15) is 16.6 Å². The first-order valence-corrected chi connectivity index (χ1v) is 14.1. The fraction of sp³-hybridized carbons (Fsp3) is 0.393. The van der Waals surface area contributed by atoms with Crippen LogP contribution in [0.5, 0.6) is 0 Å². The number of anilines is 3. The Labute approximate surface area is 232 Å². The zero-order valence-electron chi connectivity index (χ0n) is 22.4. The van der Waals surface area contributed by atoms with Gasteiger partial charge in [0.2, 0.25) is 11.9 Å². The van der Waals surface area contributed by atoms with Crippen LogP contribution in [0.3, 0.4) is 0 Å². The largest absolute Gasteiger partial charge is 0.381 e. The summed E-state index contributed by atoms with van der Waals surface area (Å²) in [7, 11) is 0. The van der Waals surface area contributed by atoms with Crippen LogP contribution in [-0.2, 0) is 4.74 Å². The van der Waals surface area contributed by atoms with E-state index in [0.29, 0.717) is 17.2 Å².